The van der Waals surface area contributed by atoms with Crippen LogP contribution in [0.5, 0.6) is 17.2 Å². The first-order chi connectivity index (χ1) is 17.4. The molecule has 0 spiro atoms. The Hall–Kier alpha value is -4.15. The molecule has 0 heterocycles. The van der Waals surface area contributed by atoms with Gasteiger partial charge in [0.2, 0.25) is 0 Å². The Balaban J connectivity index is 2.55. The Labute approximate surface area is 210 Å². The molecule has 2 aromatic carbocycles. The Morgan fingerprint density at radius 3 is 2.06 bits per heavy atom. The second kappa shape index (κ2) is 14.3. The third-order valence-electron chi connectivity index (χ3n) is 4.76. The number of esters is 2. The Morgan fingerprint density at radius 2 is 1.50 bits per heavy atom. The average molecular weight is 504 g/mol. The quantitative estimate of drug-likeness (QED) is 0.115. The Bertz CT molecular complexity index is 1040. The van der Waals surface area contributed by atoms with Crippen LogP contribution in [0.3, 0.4) is 0 Å². The molecule has 0 aliphatic carbocycles. The van der Waals surface area contributed by atoms with Gasteiger partial charge in [0.25, 0.3) is 0 Å². The summed E-state index contributed by atoms with van der Waals surface area (Å²) in [5, 5.41) is 15.0. The van der Waals surface area contributed by atoms with Crippen LogP contribution in [0.1, 0.15) is 44.9 Å². The number of benzene rings is 2. The fraction of sp³-hybridized carbons (Fsp3) is 0.400. The monoisotopic (exact) mass is 503 g/mol. The van der Waals surface area contributed by atoms with Gasteiger partial charge in [0.15, 0.2) is 30.0 Å². The van der Waals surface area contributed by atoms with Gasteiger partial charge in [-0.15, -0.1) is 0 Å². The summed E-state index contributed by atoms with van der Waals surface area (Å²) in [5.41, 5.74) is 7.04. The minimum absolute atomic E-state index is 0.0500. The van der Waals surface area contributed by atoms with Crippen LogP contribution < -0.4 is 25.3 Å². The normalized spacial score (nSPS) is 11.8. The number of carbonyl (C=O) groups excluding carboxylic acids is 2. The van der Waals surface area contributed by atoms with Crippen molar-refractivity contribution in [2.24, 2.45) is 10.9 Å². The van der Waals surface area contributed by atoms with Crippen molar-refractivity contribution in [3.63, 3.8) is 0 Å². The van der Waals surface area contributed by atoms with Crippen molar-refractivity contribution < 1.29 is 38.5 Å². The van der Waals surface area contributed by atoms with Gasteiger partial charge in [0.05, 0.1) is 26.4 Å². The highest BCUT2D eigenvalue weighted by Gasteiger charge is 2.28. The molecule has 0 aliphatic heterocycles. The molecular weight excluding hydrogens is 470 g/mol. The third kappa shape index (κ3) is 7.69. The van der Waals surface area contributed by atoms with E-state index in [1.54, 1.807) is 50.2 Å². The number of nitrogens with one attached hydrogen (secondary N) is 1. The van der Waals surface area contributed by atoms with Crippen molar-refractivity contribution in [3.8, 4) is 17.2 Å². The standard InChI is InChI=1S/C25H33N3O8/c1-5-32-20-13-18(19(14-21(20)33-6-2)36-15-22(29)34-7-3)23(25(30)35-8-4)27-17-11-9-16(10-12-17)24(26)28-31/h9-14,23,27,31H,5-8,15H2,1-4H3,(H2,26,28). The number of hydrogen-bond acceptors (Lipinski definition) is 10. The summed E-state index contributed by atoms with van der Waals surface area (Å²) in [4.78, 5) is 25.0. The van der Waals surface area contributed by atoms with Crippen LogP contribution in [0.25, 0.3) is 0 Å². The highest BCUT2D eigenvalue weighted by Crippen LogP contribution is 2.39. The van der Waals surface area contributed by atoms with Gasteiger partial charge in [0, 0.05) is 22.9 Å². The number of amidine groups is 1. The molecule has 11 nitrogen and oxygen atoms in total. The predicted molar refractivity (Wildman–Crippen MR) is 133 cm³/mol. The molecule has 0 amide bonds. The predicted octanol–water partition coefficient (Wildman–Crippen LogP) is 3.24. The first kappa shape index (κ1) is 28.1. The molecule has 2 rings (SSSR count). The van der Waals surface area contributed by atoms with Gasteiger partial charge in [-0.3, -0.25) is 0 Å². The van der Waals surface area contributed by atoms with Gasteiger partial charge in [-0.1, -0.05) is 5.16 Å². The van der Waals surface area contributed by atoms with E-state index in [4.69, 9.17) is 34.6 Å². The highest BCUT2D eigenvalue weighted by molar-refractivity contribution is 5.97. The van der Waals surface area contributed by atoms with Crippen molar-refractivity contribution in [2.75, 3.05) is 38.4 Å². The van der Waals surface area contributed by atoms with Crippen LogP contribution in [-0.4, -0.2) is 56.0 Å². The summed E-state index contributed by atoms with van der Waals surface area (Å²) in [6.45, 7) is 7.74. The van der Waals surface area contributed by atoms with E-state index in [1.807, 2.05) is 13.8 Å². The zero-order valence-corrected chi connectivity index (χ0v) is 20.9. The van der Waals surface area contributed by atoms with Crippen LogP contribution in [0, 0.1) is 0 Å². The first-order valence-corrected chi connectivity index (χ1v) is 11.6. The van der Waals surface area contributed by atoms with Gasteiger partial charge in [-0.25, -0.2) is 9.59 Å². The summed E-state index contributed by atoms with van der Waals surface area (Å²) < 4.78 is 27.5. The number of anilines is 1. The summed E-state index contributed by atoms with van der Waals surface area (Å²) in [6, 6.07) is 8.73. The molecule has 196 valence electrons. The lowest BCUT2D eigenvalue weighted by Gasteiger charge is -2.23. The third-order valence-corrected chi connectivity index (χ3v) is 4.76. The van der Waals surface area contributed by atoms with Crippen LogP contribution >= 0.6 is 0 Å². The summed E-state index contributed by atoms with van der Waals surface area (Å²) in [6.07, 6.45) is 0. The second-order valence-electron chi connectivity index (χ2n) is 7.19. The lowest BCUT2D eigenvalue weighted by molar-refractivity contribution is -0.145. The Morgan fingerprint density at radius 1 is 0.889 bits per heavy atom. The number of ether oxygens (including phenoxy) is 5. The SMILES string of the molecule is CCOC(=O)COc1cc(OCC)c(OCC)cc1C(Nc1ccc(/C(N)=N/O)cc1)C(=O)OCC. The van der Waals surface area contributed by atoms with Crippen LogP contribution in [-0.2, 0) is 19.1 Å². The van der Waals surface area contributed by atoms with E-state index < -0.39 is 18.0 Å². The zero-order valence-electron chi connectivity index (χ0n) is 20.9. The maximum atomic E-state index is 13.1. The number of rotatable bonds is 14. The van der Waals surface area contributed by atoms with E-state index in [0.717, 1.165) is 0 Å². The van der Waals surface area contributed by atoms with E-state index in [2.05, 4.69) is 10.5 Å². The molecule has 0 aliphatic rings. The molecule has 2 aromatic rings. The van der Waals surface area contributed by atoms with Crippen molar-refractivity contribution in [2.45, 2.75) is 33.7 Å². The number of hydrogen-bond donors (Lipinski definition) is 3. The smallest absolute Gasteiger partial charge is 0.344 e. The van der Waals surface area contributed by atoms with Gasteiger partial charge < -0.3 is 39.9 Å². The van der Waals surface area contributed by atoms with Crippen LogP contribution in [0.4, 0.5) is 5.69 Å². The van der Waals surface area contributed by atoms with Gasteiger partial charge in [-0.05, 0) is 58.0 Å². The topological polar surface area (TPSA) is 151 Å². The maximum absolute atomic E-state index is 13.1. The van der Waals surface area contributed by atoms with E-state index in [1.165, 1.54) is 0 Å². The molecule has 0 bridgehead atoms. The largest absolute Gasteiger partial charge is 0.490 e. The molecule has 36 heavy (non-hydrogen) atoms. The van der Waals surface area contributed by atoms with Crippen molar-refractivity contribution in [1.82, 2.24) is 0 Å². The molecule has 4 N–H and O–H groups in total. The molecule has 1 atom stereocenters. The molecule has 0 radical (unpaired) electrons. The van der Waals surface area contributed by atoms with Crippen molar-refractivity contribution in [3.05, 3.63) is 47.5 Å². The van der Waals surface area contributed by atoms with Gasteiger partial charge in [-0.2, -0.15) is 0 Å². The minimum Gasteiger partial charge on any atom is -0.490 e. The van der Waals surface area contributed by atoms with E-state index >= 15 is 0 Å². The fourth-order valence-corrected chi connectivity index (χ4v) is 3.23. The van der Waals surface area contributed by atoms with Crippen molar-refractivity contribution >= 4 is 23.5 Å². The average Bonchev–Trinajstić information content (AvgIpc) is 2.87. The van der Waals surface area contributed by atoms with Gasteiger partial charge in [0.1, 0.15) is 5.75 Å². The van der Waals surface area contributed by atoms with Gasteiger partial charge >= 0.3 is 11.9 Å². The van der Waals surface area contributed by atoms with E-state index in [-0.39, 0.29) is 31.4 Å². The molecule has 0 saturated heterocycles. The maximum Gasteiger partial charge on any atom is 0.344 e. The molecular formula is C25H33N3O8. The number of nitrogens with zero attached hydrogens (tertiary/aromatic N) is 1. The summed E-state index contributed by atoms with van der Waals surface area (Å²) in [5.74, 6) is -0.177. The fourth-order valence-electron chi connectivity index (χ4n) is 3.23. The molecule has 0 aromatic heterocycles. The number of oxime groups is 1. The molecule has 1 unspecified atom stereocenters. The van der Waals surface area contributed by atoms with Crippen LogP contribution in [0.15, 0.2) is 41.6 Å². The van der Waals surface area contributed by atoms with Crippen LogP contribution in [0.2, 0.25) is 0 Å². The summed E-state index contributed by atoms with van der Waals surface area (Å²) >= 11 is 0. The second-order valence-corrected chi connectivity index (χ2v) is 7.19. The molecule has 11 heteroatoms. The number of carbonyl (C=O) groups is 2. The minimum atomic E-state index is -1.04. The molecule has 0 saturated carbocycles. The van der Waals surface area contributed by atoms with Crippen molar-refractivity contribution in [1.29, 1.82) is 0 Å². The lowest BCUT2D eigenvalue weighted by atomic mass is 10.0. The number of nitrogens with two attached hydrogens (primary N) is 1. The first-order valence-electron chi connectivity index (χ1n) is 11.6. The van der Waals surface area contributed by atoms with E-state index in [9.17, 15) is 9.59 Å². The zero-order chi connectivity index (χ0) is 26.5. The Kier molecular flexibility index (Phi) is 11.2. The molecule has 0 fully saturated rings. The lowest BCUT2D eigenvalue weighted by Crippen LogP contribution is -2.25. The summed E-state index contributed by atoms with van der Waals surface area (Å²) in [7, 11) is 0. The van der Waals surface area contributed by atoms with E-state index in [0.29, 0.717) is 41.5 Å². The highest BCUT2D eigenvalue weighted by atomic mass is 16.6.